The number of amides is 3. The van der Waals surface area contributed by atoms with Crippen molar-refractivity contribution in [3.8, 4) is 56.6 Å². The molecular weight excluding hydrogens is 1690 g/mol. The van der Waals surface area contributed by atoms with Crippen molar-refractivity contribution in [2.45, 2.75) is 172 Å². The van der Waals surface area contributed by atoms with Crippen molar-refractivity contribution >= 4 is 74.0 Å². The fourth-order valence-electron chi connectivity index (χ4n) is 18.5. The van der Waals surface area contributed by atoms with E-state index in [1.807, 2.05) is 56.2 Å². The van der Waals surface area contributed by atoms with Gasteiger partial charge in [-0.2, -0.15) is 15.0 Å². The van der Waals surface area contributed by atoms with Crippen LogP contribution < -0.4 is 37.5 Å². The van der Waals surface area contributed by atoms with Crippen LogP contribution in [0.2, 0.25) is 0 Å². The third-order valence-corrected chi connectivity index (χ3v) is 25.8. The summed E-state index contributed by atoms with van der Waals surface area (Å²) in [5, 5.41) is 11.4. The van der Waals surface area contributed by atoms with Crippen LogP contribution in [0.5, 0.6) is 5.75 Å². The number of phenolic OH excluding ortho intramolecular Hbond substituents is 1. The fraction of sp³-hybridized carbons (Fsp3) is 0.375. The lowest BCUT2D eigenvalue weighted by Crippen LogP contribution is -2.54. The van der Waals surface area contributed by atoms with Gasteiger partial charge in [0.25, 0.3) is 0 Å². The predicted octanol–water partition coefficient (Wildman–Crippen LogP) is 13.7. The minimum Gasteiger partial charge on any atom is -0.507 e. The van der Waals surface area contributed by atoms with E-state index >= 15 is 22.0 Å². The summed E-state index contributed by atoms with van der Waals surface area (Å²) in [5.41, 5.74) is 9.23. The second-order valence-electron chi connectivity index (χ2n) is 35.5. The molecule has 0 spiro atoms. The standard InChI is InChI=1S/C32H32F2N8O2.C32H31F2N7O3.C32H31F2N7O2/c1-4-24(43)40-12-13-41(16(2)15-40)30-20-14-22(34)28(25-21(33)6-5-7-23(25)35)38-31(20)42(32(44)39-30)29-26(18-8-9-18)36-17(3)37-27(29)19-10-11-19;1-4-24(43)39-12-13-40(16(2)15-39)30-20-14-22(34)28(25-21(33)6-5-7-23(25)42)37-31(20)41(32(44)38-30)29-26(18-8-9-18)35-17(3)36-27(29)19-10-11-19;1-4-25(42)39-13-14-40(17(2)16-39)30-22-15-24(34)28(21-7-5-6-8-23(21)33)37-31(22)41(32(43)38-30)29-26(19-9-10-19)35-18(3)36-27(29)20-11-12-20/h4-7,14,16,18-19H,1,8-13,15,35H2,2-3H3;4-7,14,16,18-19,42H,1,8-13,15H2,2-3H3;4-8,15,17,19-20H,1,9-14,16H2,2-3H3/t2*16-;17-/m000/s1. The zero-order chi connectivity index (χ0) is 91.7. The average Bonchev–Trinajstić information content (AvgIpc) is 1.61. The second kappa shape index (κ2) is 34.1. The normalized spacial score (nSPS) is 18.6. The highest BCUT2D eigenvalue weighted by atomic mass is 19.1. The van der Waals surface area contributed by atoms with E-state index in [9.17, 15) is 38.3 Å². The number of nitrogen functional groups attached to an aromatic ring is 1. The number of nitrogens with two attached hydrogens (primary N) is 1. The van der Waals surface area contributed by atoms with E-state index in [2.05, 4.69) is 44.7 Å². The molecule has 21 rings (SSSR count). The second-order valence-corrected chi connectivity index (χ2v) is 35.5. The van der Waals surface area contributed by atoms with Gasteiger partial charge in [0, 0.05) is 124 Å². The molecule has 35 heteroatoms. The SMILES string of the molecule is C=CC(=O)N1CCN(c2nc(=O)n(-c3c(C4CC4)nc(C)nc3C3CC3)c3nc(-c4c(N)cccc4F)c(F)cc23)[C@@H](C)C1.C=CC(=O)N1CCN(c2nc(=O)n(-c3c(C4CC4)nc(C)nc3C3CC3)c3nc(-c4c(O)cccc4F)c(F)cc23)[C@@H](C)C1.C=CC(=O)N1CCN(c2nc(=O)n(-c3c(C4CC4)nc(C)nc3C3CC3)c3nc(-c4ccccc4F)c(F)cc23)[C@@H](C)C1. The Morgan fingerprint density at radius 3 is 0.962 bits per heavy atom. The molecule has 0 radical (unpaired) electrons. The van der Waals surface area contributed by atoms with E-state index in [4.69, 9.17) is 40.6 Å². The molecule has 3 N–H and O–H groups in total. The van der Waals surface area contributed by atoms with Crippen LogP contribution in [-0.2, 0) is 14.4 Å². The molecule has 3 aromatic carbocycles. The Morgan fingerprint density at radius 2 is 0.664 bits per heavy atom. The summed E-state index contributed by atoms with van der Waals surface area (Å²) in [5.74, 6) is -2.14. The zero-order valence-electron chi connectivity index (χ0n) is 73.0. The average molecular weight is 1780 g/mol. The number of hydrogen-bond acceptors (Lipinski definition) is 23. The molecule has 9 fully saturated rings. The van der Waals surface area contributed by atoms with Crippen LogP contribution in [-0.4, -0.2) is 188 Å². The van der Waals surface area contributed by atoms with Gasteiger partial charge in [-0.05, 0) is 191 Å². The van der Waals surface area contributed by atoms with Gasteiger partial charge in [-0.3, -0.25) is 14.4 Å². The topological polar surface area (TPSA) is 338 Å². The number of anilines is 4. The molecule has 6 aliphatic carbocycles. The Morgan fingerprint density at radius 1 is 0.374 bits per heavy atom. The molecule has 3 amide bonds. The van der Waals surface area contributed by atoms with Crippen LogP contribution in [0.15, 0.2) is 131 Å². The van der Waals surface area contributed by atoms with E-state index < -0.39 is 69.0 Å². The molecule has 672 valence electrons. The zero-order valence-corrected chi connectivity index (χ0v) is 73.0. The molecule has 12 heterocycles. The van der Waals surface area contributed by atoms with E-state index in [1.54, 1.807) is 20.8 Å². The molecule has 3 atom stereocenters. The highest BCUT2D eigenvalue weighted by Gasteiger charge is 2.44. The van der Waals surface area contributed by atoms with Gasteiger partial charge in [0.1, 0.15) is 81.0 Å². The van der Waals surface area contributed by atoms with Gasteiger partial charge in [0.15, 0.2) is 28.6 Å². The first-order valence-corrected chi connectivity index (χ1v) is 44.4. The maximum atomic E-state index is 16.0. The monoisotopic (exact) mass is 1780 g/mol. The van der Waals surface area contributed by atoms with Crippen LogP contribution >= 0.6 is 0 Å². The third kappa shape index (κ3) is 16.3. The molecule has 9 aromatic heterocycles. The van der Waals surface area contributed by atoms with Crippen molar-refractivity contribution in [3.63, 3.8) is 0 Å². The smallest absolute Gasteiger partial charge is 0.355 e. The lowest BCUT2D eigenvalue weighted by atomic mass is 10.1. The van der Waals surface area contributed by atoms with Crippen molar-refractivity contribution in [2.24, 2.45) is 0 Å². The maximum Gasteiger partial charge on any atom is 0.355 e. The van der Waals surface area contributed by atoms with Crippen molar-refractivity contribution in [1.29, 1.82) is 0 Å². The van der Waals surface area contributed by atoms with Gasteiger partial charge in [0.05, 0.1) is 78.5 Å². The first-order valence-electron chi connectivity index (χ1n) is 44.4. The predicted molar refractivity (Wildman–Crippen MR) is 481 cm³/mol. The Bertz CT molecular complexity index is 6590. The Kier molecular flexibility index (Phi) is 22.5. The Hall–Kier alpha value is -14.0. The third-order valence-electron chi connectivity index (χ3n) is 25.8. The highest BCUT2D eigenvalue weighted by molar-refractivity contribution is 5.95. The molecular formula is C96H94F6N22O7. The van der Waals surface area contributed by atoms with E-state index in [-0.39, 0.29) is 145 Å². The lowest BCUT2D eigenvalue weighted by molar-refractivity contribution is -0.127. The van der Waals surface area contributed by atoms with Crippen LogP contribution in [0.4, 0.5) is 49.5 Å². The minimum atomic E-state index is -0.885. The molecule has 29 nitrogen and oxygen atoms in total. The molecule has 131 heavy (non-hydrogen) atoms. The lowest BCUT2D eigenvalue weighted by Gasteiger charge is -2.40. The number of carbonyl (C=O) groups is 3. The number of phenols is 1. The summed E-state index contributed by atoms with van der Waals surface area (Å²) in [6.07, 6.45) is 14.9. The van der Waals surface area contributed by atoms with Crippen LogP contribution in [0.1, 0.15) is 185 Å². The summed E-state index contributed by atoms with van der Waals surface area (Å²) >= 11 is 0. The number of rotatable bonds is 18. The van der Waals surface area contributed by atoms with Gasteiger partial charge < -0.3 is 40.2 Å². The van der Waals surface area contributed by atoms with Crippen molar-refractivity contribution in [1.82, 2.24) is 88.2 Å². The van der Waals surface area contributed by atoms with E-state index in [0.717, 1.165) is 117 Å². The first-order chi connectivity index (χ1) is 63.1. The molecule has 6 saturated carbocycles. The van der Waals surface area contributed by atoms with Crippen molar-refractivity contribution in [2.75, 3.05) is 79.3 Å². The van der Waals surface area contributed by atoms with E-state index in [1.165, 1.54) is 98.7 Å². The molecule has 9 aliphatic rings. The molecule has 3 aliphatic heterocycles. The van der Waals surface area contributed by atoms with Gasteiger partial charge >= 0.3 is 17.1 Å². The summed E-state index contributed by atoms with van der Waals surface area (Å²) in [7, 11) is 0. The maximum absolute atomic E-state index is 16.0. The van der Waals surface area contributed by atoms with Crippen molar-refractivity contribution < 1.29 is 45.8 Å². The number of hydrogen-bond donors (Lipinski definition) is 2. The first kappa shape index (κ1) is 86.4. The molecule has 12 aromatic rings. The summed E-state index contributed by atoms with van der Waals surface area (Å²) in [4.78, 5) is 146. The molecule has 3 saturated heterocycles. The number of halogens is 6. The molecule has 0 bridgehead atoms. The number of fused-ring (bicyclic) bond motifs is 3. The number of aryl methyl sites for hydroxylation is 3. The van der Waals surface area contributed by atoms with Gasteiger partial charge in [-0.15, -0.1) is 0 Å². The van der Waals surface area contributed by atoms with E-state index in [0.29, 0.717) is 98.8 Å². The number of piperazine rings is 3. The summed E-state index contributed by atoms with van der Waals surface area (Å²) < 4.78 is 97.3. The number of carbonyl (C=O) groups excluding carboxylic acids is 3. The Labute approximate surface area is 747 Å². The Balaban J connectivity index is 0.000000127. The van der Waals surface area contributed by atoms with Crippen molar-refractivity contribution in [3.05, 3.63) is 235 Å². The largest absolute Gasteiger partial charge is 0.507 e. The fourth-order valence-corrected chi connectivity index (χ4v) is 18.5. The van der Waals surface area contributed by atoms with Gasteiger partial charge in [0.2, 0.25) is 17.7 Å². The number of aromatic nitrogens is 15. The quantitative estimate of drug-likeness (QED) is 0.0458. The van der Waals surface area contributed by atoms with Crippen LogP contribution in [0.25, 0.3) is 83.9 Å². The highest BCUT2D eigenvalue weighted by Crippen LogP contribution is 2.53. The minimum absolute atomic E-state index is 0.00540. The van der Waals surface area contributed by atoms with Crippen LogP contribution in [0, 0.1) is 55.7 Å². The van der Waals surface area contributed by atoms with Gasteiger partial charge in [-0.25, -0.2) is 99.3 Å². The number of aromatic hydroxyl groups is 1. The summed E-state index contributed by atoms with van der Waals surface area (Å²) in [6, 6.07) is 16.6. The number of pyridine rings is 3. The van der Waals surface area contributed by atoms with Crippen LogP contribution in [0.3, 0.4) is 0 Å². The number of nitrogens with zero attached hydrogens (tertiary/aromatic N) is 21. The van der Waals surface area contributed by atoms with Gasteiger partial charge in [-0.1, -0.05) is 44.0 Å². The molecule has 0 unspecified atom stereocenters. The number of benzene rings is 3. The summed E-state index contributed by atoms with van der Waals surface area (Å²) in [6.45, 7) is 25.2.